The predicted octanol–water partition coefficient (Wildman–Crippen LogP) is 1.31. The van der Waals surface area contributed by atoms with Crippen molar-refractivity contribution in [3.63, 3.8) is 0 Å². The van der Waals surface area contributed by atoms with Crippen LogP contribution in [0.25, 0.3) is 0 Å². The maximum absolute atomic E-state index is 13.0. The van der Waals surface area contributed by atoms with Crippen molar-refractivity contribution in [2.24, 2.45) is 0 Å². The van der Waals surface area contributed by atoms with Gasteiger partial charge in [0.05, 0.1) is 17.8 Å². The molecule has 1 aliphatic heterocycles. The number of aromatic nitrogens is 6. The number of likely N-dealkylation sites (N-methyl/N-ethyl adjacent to an activating group) is 1. The molecule has 2 fully saturated rings. The molecule has 146 valence electrons. The van der Waals surface area contributed by atoms with Crippen LogP contribution in [0.4, 0.5) is 0 Å². The third kappa shape index (κ3) is 3.03. The van der Waals surface area contributed by atoms with Crippen LogP contribution in [0.1, 0.15) is 61.3 Å². The van der Waals surface area contributed by atoms with Crippen molar-refractivity contribution in [2.75, 3.05) is 27.2 Å². The first-order chi connectivity index (χ1) is 13.0. The number of amides is 1. The Morgan fingerprint density at radius 1 is 1.33 bits per heavy atom. The first kappa shape index (κ1) is 18.1. The van der Waals surface area contributed by atoms with Gasteiger partial charge in [-0.05, 0) is 50.7 Å². The summed E-state index contributed by atoms with van der Waals surface area (Å²) in [6, 6.07) is 0.374. The molecule has 2 aliphatic rings. The van der Waals surface area contributed by atoms with E-state index in [-0.39, 0.29) is 11.4 Å². The van der Waals surface area contributed by atoms with Gasteiger partial charge in [-0.3, -0.25) is 14.4 Å². The Labute approximate surface area is 159 Å². The van der Waals surface area contributed by atoms with Gasteiger partial charge in [0.15, 0.2) is 5.82 Å². The topological polar surface area (TPSA) is 85.0 Å². The van der Waals surface area contributed by atoms with Crippen molar-refractivity contribution in [2.45, 2.75) is 57.2 Å². The summed E-state index contributed by atoms with van der Waals surface area (Å²) in [5, 5.41) is 17.0. The molecule has 2 aromatic heterocycles. The molecule has 3 heterocycles. The van der Waals surface area contributed by atoms with Crippen LogP contribution in [0.3, 0.4) is 0 Å². The van der Waals surface area contributed by atoms with Crippen LogP contribution < -0.4 is 0 Å². The van der Waals surface area contributed by atoms with E-state index in [1.165, 1.54) is 12.8 Å². The first-order valence-electron chi connectivity index (χ1n) is 9.82. The number of tetrazole rings is 1. The van der Waals surface area contributed by atoms with Crippen molar-refractivity contribution in [3.05, 3.63) is 23.8 Å². The van der Waals surface area contributed by atoms with Gasteiger partial charge in [-0.2, -0.15) is 5.10 Å². The number of hydrogen-bond acceptors (Lipinski definition) is 6. The number of hydrogen-bond donors (Lipinski definition) is 0. The van der Waals surface area contributed by atoms with Gasteiger partial charge in [-0.25, -0.2) is 4.68 Å². The smallest absolute Gasteiger partial charge is 0.257 e. The molecule has 0 spiro atoms. The fraction of sp³-hybridized carbons (Fsp3) is 0.722. The van der Waals surface area contributed by atoms with E-state index >= 15 is 0 Å². The van der Waals surface area contributed by atoms with Crippen LogP contribution in [0.2, 0.25) is 0 Å². The van der Waals surface area contributed by atoms with Gasteiger partial charge >= 0.3 is 0 Å². The zero-order valence-electron chi connectivity index (χ0n) is 16.4. The summed E-state index contributed by atoms with van der Waals surface area (Å²) in [7, 11) is 4.10. The quantitative estimate of drug-likeness (QED) is 0.787. The summed E-state index contributed by atoms with van der Waals surface area (Å²) >= 11 is 0. The van der Waals surface area contributed by atoms with Crippen LogP contribution in [-0.2, 0) is 12.1 Å². The molecule has 27 heavy (non-hydrogen) atoms. The van der Waals surface area contributed by atoms with Gasteiger partial charge in [-0.1, -0.05) is 12.8 Å². The van der Waals surface area contributed by atoms with Crippen LogP contribution in [0.5, 0.6) is 0 Å². The maximum Gasteiger partial charge on any atom is 0.257 e. The lowest BCUT2D eigenvalue weighted by Gasteiger charge is -2.35. The molecule has 9 heteroatoms. The maximum atomic E-state index is 13.0. The van der Waals surface area contributed by atoms with Gasteiger partial charge in [-0.15, -0.1) is 5.10 Å². The summed E-state index contributed by atoms with van der Waals surface area (Å²) in [4.78, 5) is 17.1. The van der Waals surface area contributed by atoms with Crippen LogP contribution >= 0.6 is 0 Å². The number of aryl methyl sites for hydroxylation is 1. The average Bonchev–Trinajstić information content (AvgIpc) is 3.47. The van der Waals surface area contributed by atoms with Crippen LogP contribution in [-0.4, -0.2) is 72.9 Å². The molecule has 1 saturated carbocycles. The van der Waals surface area contributed by atoms with Gasteiger partial charge in [0, 0.05) is 25.8 Å². The lowest BCUT2D eigenvalue weighted by Crippen LogP contribution is -2.47. The zero-order chi connectivity index (χ0) is 19.0. The standard InChI is InChI=1S/C18H28N8O/c1-4-25-12-14(11-19-25)16(27)24-10-9-18(13-24,23(2)3)17-20-21-22-26(17)15-7-5-6-8-15/h11-12,15H,4-10,13H2,1-3H3. The fourth-order valence-corrected chi connectivity index (χ4v) is 4.44. The second-order valence-electron chi connectivity index (χ2n) is 7.87. The monoisotopic (exact) mass is 372 g/mol. The molecular formula is C18H28N8O. The van der Waals surface area contributed by atoms with E-state index in [2.05, 4.69) is 39.6 Å². The minimum absolute atomic E-state index is 0.0262. The van der Waals surface area contributed by atoms with E-state index in [9.17, 15) is 4.79 Å². The molecule has 1 atom stereocenters. The molecule has 0 radical (unpaired) electrons. The third-order valence-electron chi connectivity index (χ3n) is 6.17. The number of rotatable bonds is 5. The number of likely N-dealkylation sites (tertiary alicyclic amines) is 1. The molecule has 0 aromatic carbocycles. The first-order valence-corrected chi connectivity index (χ1v) is 9.82. The SMILES string of the molecule is CCn1cc(C(=O)N2CCC(c3nnnn3C3CCCC3)(N(C)C)C2)cn1. The Hall–Kier alpha value is -2.29. The zero-order valence-corrected chi connectivity index (χ0v) is 16.4. The molecule has 1 amide bonds. The summed E-state index contributed by atoms with van der Waals surface area (Å²) in [5.41, 5.74) is 0.282. The number of carbonyl (C=O) groups is 1. The summed E-state index contributed by atoms with van der Waals surface area (Å²) in [6.45, 7) is 4.04. The van der Waals surface area contributed by atoms with Crippen molar-refractivity contribution in [1.29, 1.82) is 0 Å². The van der Waals surface area contributed by atoms with E-state index in [0.29, 0.717) is 24.7 Å². The van der Waals surface area contributed by atoms with Gasteiger partial charge in [0.1, 0.15) is 5.54 Å². The van der Waals surface area contributed by atoms with Crippen molar-refractivity contribution in [3.8, 4) is 0 Å². The molecule has 0 N–H and O–H groups in total. The molecular weight excluding hydrogens is 344 g/mol. The van der Waals surface area contributed by atoms with E-state index in [1.807, 2.05) is 22.7 Å². The highest BCUT2D eigenvalue weighted by atomic mass is 16.2. The Bertz CT molecular complexity index is 806. The van der Waals surface area contributed by atoms with E-state index in [1.54, 1.807) is 10.9 Å². The lowest BCUT2D eigenvalue weighted by molar-refractivity contribution is 0.0737. The van der Waals surface area contributed by atoms with Crippen molar-refractivity contribution < 1.29 is 4.79 Å². The third-order valence-corrected chi connectivity index (χ3v) is 6.17. The van der Waals surface area contributed by atoms with Crippen molar-refractivity contribution in [1.82, 2.24) is 39.8 Å². The summed E-state index contributed by atoms with van der Waals surface area (Å²) < 4.78 is 3.80. The highest BCUT2D eigenvalue weighted by molar-refractivity contribution is 5.94. The van der Waals surface area contributed by atoms with Gasteiger partial charge in [0.25, 0.3) is 5.91 Å². The minimum Gasteiger partial charge on any atom is -0.336 e. The summed E-state index contributed by atoms with van der Waals surface area (Å²) in [6.07, 6.45) is 9.00. The summed E-state index contributed by atoms with van der Waals surface area (Å²) in [5.74, 6) is 0.914. The Kier molecular flexibility index (Phi) is 4.71. The van der Waals surface area contributed by atoms with Crippen molar-refractivity contribution >= 4 is 5.91 Å². The minimum atomic E-state index is -0.359. The van der Waals surface area contributed by atoms with Gasteiger partial charge in [0.2, 0.25) is 0 Å². The number of carbonyl (C=O) groups excluding carboxylic acids is 1. The van der Waals surface area contributed by atoms with E-state index < -0.39 is 0 Å². The molecule has 0 bridgehead atoms. The molecule has 1 aliphatic carbocycles. The number of nitrogens with zero attached hydrogens (tertiary/aromatic N) is 8. The predicted molar refractivity (Wildman–Crippen MR) is 99.1 cm³/mol. The molecule has 9 nitrogen and oxygen atoms in total. The van der Waals surface area contributed by atoms with Crippen LogP contribution in [0.15, 0.2) is 12.4 Å². The average molecular weight is 372 g/mol. The molecule has 1 unspecified atom stereocenters. The molecule has 1 saturated heterocycles. The second-order valence-corrected chi connectivity index (χ2v) is 7.87. The highest BCUT2D eigenvalue weighted by Gasteiger charge is 2.48. The van der Waals surface area contributed by atoms with Crippen LogP contribution in [0, 0.1) is 0 Å². The Morgan fingerprint density at radius 2 is 2.11 bits per heavy atom. The Balaban J connectivity index is 1.61. The largest absolute Gasteiger partial charge is 0.336 e. The Morgan fingerprint density at radius 3 is 2.78 bits per heavy atom. The fourth-order valence-electron chi connectivity index (χ4n) is 4.44. The molecule has 2 aromatic rings. The second kappa shape index (κ2) is 7.03. The van der Waals surface area contributed by atoms with Gasteiger partial charge < -0.3 is 4.90 Å². The molecule has 4 rings (SSSR count). The lowest BCUT2D eigenvalue weighted by atomic mass is 9.95. The highest BCUT2D eigenvalue weighted by Crippen LogP contribution is 2.38. The normalized spacial score (nSPS) is 23.6. The van der Waals surface area contributed by atoms with E-state index in [4.69, 9.17) is 0 Å². The van der Waals surface area contributed by atoms with E-state index in [0.717, 1.165) is 31.6 Å².